The Bertz CT molecular complexity index is 1540. The Morgan fingerprint density at radius 1 is 1.23 bits per heavy atom. The van der Waals surface area contributed by atoms with Crippen molar-refractivity contribution < 1.29 is 42.3 Å². The van der Waals surface area contributed by atoms with Gasteiger partial charge in [0, 0.05) is 17.4 Å². The topological polar surface area (TPSA) is 188 Å². The summed E-state index contributed by atoms with van der Waals surface area (Å²) in [5.74, 6) is -3.58. The number of aromatic nitrogens is 2. The molecular formula is C24H23B2ClN6O9S2. The molecule has 2 N–H and O–H groups in total. The number of carbonyl (C=O) groups excluding carboxylic acids is 4. The van der Waals surface area contributed by atoms with E-state index in [1.807, 2.05) is 0 Å². The average Bonchev–Trinajstić information content (AvgIpc) is 3.44. The van der Waals surface area contributed by atoms with Crippen molar-refractivity contribution in [2.75, 3.05) is 16.9 Å². The highest BCUT2D eigenvalue weighted by Crippen LogP contribution is 2.37. The van der Waals surface area contributed by atoms with Gasteiger partial charge < -0.3 is 14.0 Å². The van der Waals surface area contributed by atoms with Crippen LogP contribution in [0, 0.1) is 0 Å². The van der Waals surface area contributed by atoms with E-state index in [4.69, 9.17) is 37.3 Å². The van der Waals surface area contributed by atoms with E-state index >= 15 is 0 Å². The molecule has 228 valence electrons. The van der Waals surface area contributed by atoms with Gasteiger partial charge in [-0.15, -0.1) is 11.6 Å². The van der Waals surface area contributed by atoms with Gasteiger partial charge in [0.25, 0.3) is 5.91 Å². The second-order valence-corrected chi connectivity index (χ2v) is 12.6. The van der Waals surface area contributed by atoms with E-state index in [1.54, 1.807) is 51.1 Å². The van der Waals surface area contributed by atoms with E-state index in [1.165, 1.54) is 0 Å². The van der Waals surface area contributed by atoms with Gasteiger partial charge in [0.15, 0.2) is 11.9 Å². The number of nitrogens with zero attached hydrogens (tertiary/aromatic N) is 4. The number of halogens is 1. The molecule has 1 aromatic carbocycles. The highest BCUT2D eigenvalue weighted by atomic mass is 35.5. The van der Waals surface area contributed by atoms with E-state index in [2.05, 4.69) is 34.5 Å². The fourth-order valence-electron chi connectivity index (χ4n) is 4.05. The van der Waals surface area contributed by atoms with E-state index in [0.29, 0.717) is 5.56 Å². The van der Waals surface area contributed by atoms with Crippen molar-refractivity contribution in [1.82, 2.24) is 19.7 Å². The van der Waals surface area contributed by atoms with Crippen LogP contribution >= 0.6 is 23.1 Å². The molecular weight excluding hydrogens is 638 g/mol. The molecule has 0 bridgehead atoms. The van der Waals surface area contributed by atoms with Gasteiger partial charge >= 0.3 is 34.1 Å². The summed E-state index contributed by atoms with van der Waals surface area (Å²) in [6.07, 6.45) is -2.22. The molecule has 4 rings (SSSR count). The number of aliphatic imine (C=N–C) groups is 1. The first-order chi connectivity index (χ1) is 20.9. The third-order valence-corrected chi connectivity index (χ3v) is 8.45. The highest BCUT2D eigenvalue weighted by molar-refractivity contribution is 7.86. The smallest absolute Gasteiger partial charge is 0.414 e. The second kappa shape index (κ2) is 13.9. The number of hydrogen-bond acceptors (Lipinski definition) is 13. The lowest BCUT2D eigenvalue weighted by Gasteiger charge is -2.47. The summed E-state index contributed by atoms with van der Waals surface area (Å²) in [6.45, 7) is 5.03. The fraction of sp³-hybridized carbons (Fsp3) is 0.375. The predicted octanol–water partition coefficient (Wildman–Crippen LogP) is 0.940. The fourth-order valence-corrected chi connectivity index (χ4v) is 6.60. The number of rotatable bonds is 9. The summed E-state index contributed by atoms with van der Waals surface area (Å²) in [5, 5.41) is 1.32. The molecule has 1 unspecified atom stereocenters. The summed E-state index contributed by atoms with van der Waals surface area (Å²) in [5.41, 5.74) is 2.01. The number of carbonyl (C=O) groups is 4. The first-order valence-electron chi connectivity index (χ1n) is 12.6. The molecule has 44 heavy (non-hydrogen) atoms. The molecule has 2 aromatic rings. The van der Waals surface area contributed by atoms with Crippen LogP contribution in [0.15, 0.2) is 46.6 Å². The van der Waals surface area contributed by atoms with Gasteiger partial charge in [0.2, 0.25) is 17.1 Å². The van der Waals surface area contributed by atoms with Crippen LogP contribution in [0.3, 0.4) is 0 Å². The highest BCUT2D eigenvalue weighted by Gasteiger charge is 2.57. The molecule has 2 aliphatic heterocycles. The number of hydrogen-bond donors (Lipinski definition) is 2. The Hall–Kier alpha value is -3.80. The van der Waals surface area contributed by atoms with Crippen LogP contribution in [-0.2, 0) is 44.1 Å². The third-order valence-electron chi connectivity index (χ3n) is 5.86. The minimum atomic E-state index is -1.75. The minimum Gasteiger partial charge on any atom is -0.541 e. The number of hydroxylamine groups is 1. The number of amidine groups is 1. The number of amides is 2. The van der Waals surface area contributed by atoms with Crippen LogP contribution in [0.5, 0.6) is 0 Å². The zero-order valence-electron chi connectivity index (χ0n) is 23.3. The molecule has 4 radical (unpaired) electrons. The van der Waals surface area contributed by atoms with Crippen molar-refractivity contribution in [2.24, 2.45) is 4.99 Å². The molecule has 0 aliphatic carbocycles. The van der Waals surface area contributed by atoms with Gasteiger partial charge in [-0.2, -0.15) is 9.36 Å². The monoisotopic (exact) mass is 660 g/mol. The number of benzene rings is 1. The molecule has 2 aliphatic rings. The van der Waals surface area contributed by atoms with Crippen LogP contribution in [0.25, 0.3) is 0 Å². The van der Waals surface area contributed by atoms with Crippen molar-refractivity contribution >= 4 is 84.9 Å². The van der Waals surface area contributed by atoms with Crippen LogP contribution in [0.1, 0.15) is 38.3 Å². The van der Waals surface area contributed by atoms with Crippen LogP contribution in [0.4, 0.5) is 9.93 Å². The van der Waals surface area contributed by atoms with Gasteiger partial charge in [0.1, 0.15) is 16.7 Å². The third kappa shape index (κ3) is 7.28. The van der Waals surface area contributed by atoms with Gasteiger partial charge in [-0.3, -0.25) is 28.9 Å². The summed E-state index contributed by atoms with van der Waals surface area (Å²) >= 11 is 6.67. The quantitative estimate of drug-likeness (QED) is 0.0969. The Morgan fingerprint density at radius 2 is 1.93 bits per heavy atom. The molecule has 15 nitrogen and oxygen atoms in total. The van der Waals surface area contributed by atoms with E-state index < -0.39 is 57.9 Å². The number of β-lactam (4-membered cyclic amide) rings is 1. The number of anilines is 1. The lowest BCUT2D eigenvalue weighted by molar-refractivity contribution is -0.150. The Morgan fingerprint density at radius 3 is 2.55 bits per heavy atom. The standard InChI is InChI=1S/C24H23B2ClN6O9S2/c1-24(2,3)39-23(37)30-22-29-17(32-43-22)16(31-42-15(21(36)41-26)11-7-5-4-6-8-11)28-13-18(34)33-14(20(35)40-25)12(9-27)10-44(38)19(13)33/h4-8,13,15,19H,9-10H2,1-3H3,(H,28,31)(H,29,30,32,37)/t13-,15+,19-,44?/m1/s1. The molecule has 20 heteroatoms. The molecule has 0 saturated carbocycles. The van der Waals surface area contributed by atoms with E-state index in [0.717, 1.165) is 16.4 Å². The molecule has 1 aromatic heterocycles. The van der Waals surface area contributed by atoms with E-state index in [9.17, 15) is 23.4 Å². The van der Waals surface area contributed by atoms with Crippen LogP contribution in [0.2, 0.25) is 0 Å². The van der Waals surface area contributed by atoms with Gasteiger partial charge in [-0.1, -0.05) is 30.3 Å². The molecule has 3 heterocycles. The van der Waals surface area contributed by atoms with Crippen molar-refractivity contribution in [3.8, 4) is 0 Å². The molecule has 4 atom stereocenters. The molecule has 1 saturated heterocycles. The van der Waals surface area contributed by atoms with Crippen molar-refractivity contribution in [1.29, 1.82) is 0 Å². The molecule has 0 spiro atoms. The van der Waals surface area contributed by atoms with Crippen LogP contribution in [-0.4, -0.2) is 93.0 Å². The minimum absolute atomic E-state index is 0.00445. The lowest BCUT2D eigenvalue weighted by Crippen LogP contribution is -2.68. The predicted molar refractivity (Wildman–Crippen MR) is 159 cm³/mol. The van der Waals surface area contributed by atoms with Gasteiger partial charge in [-0.05, 0) is 31.9 Å². The van der Waals surface area contributed by atoms with Crippen molar-refractivity contribution in [3.05, 3.63) is 53.0 Å². The normalized spacial score (nSPS) is 20.6. The second-order valence-electron chi connectivity index (χ2n) is 10.0. The first kappa shape index (κ1) is 33.1. The van der Waals surface area contributed by atoms with E-state index in [-0.39, 0.29) is 39.7 Å². The average molecular weight is 661 g/mol. The zero-order chi connectivity index (χ0) is 32.2. The maximum atomic E-state index is 13.3. The molecule has 1 fully saturated rings. The van der Waals surface area contributed by atoms with Gasteiger partial charge in [0.05, 0.1) is 16.6 Å². The SMILES string of the molecule is [B]OC(=O)C1=C(CCl)CS(=O)[C@@H]2[C@H](N=C(NO[C@H](C(=O)O[B])c3ccccc3)c3nsc(NC(=O)OC(C)(C)C)n3)C(=O)N12. The lowest BCUT2D eigenvalue weighted by atomic mass is 10.0. The Kier molecular flexibility index (Phi) is 10.4. The molecule has 2 amide bonds. The Balaban J connectivity index is 1.68. The summed E-state index contributed by atoms with van der Waals surface area (Å²) < 4.78 is 31.2. The van der Waals surface area contributed by atoms with Gasteiger partial charge in [-0.25, -0.2) is 20.1 Å². The number of fused-ring (bicyclic) bond motifs is 1. The van der Waals surface area contributed by atoms with Crippen molar-refractivity contribution in [3.63, 3.8) is 0 Å². The summed E-state index contributed by atoms with van der Waals surface area (Å²) in [7, 11) is 8.40. The van der Waals surface area contributed by atoms with Crippen LogP contribution < -0.4 is 10.8 Å². The summed E-state index contributed by atoms with van der Waals surface area (Å²) in [4.78, 5) is 65.5. The maximum Gasteiger partial charge on any atom is 0.414 e. The summed E-state index contributed by atoms with van der Waals surface area (Å²) in [6, 6.07) is 6.82. The number of alkyl halides is 1. The van der Waals surface area contributed by atoms with Crippen molar-refractivity contribution in [2.45, 2.75) is 43.9 Å². The zero-order valence-corrected chi connectivity index (χ0v) is 25.7. The maximum absolute atomic E-state index is 13.3. The number of nitrogens with one attached hydrogen (secondary N) is 2. The largest absolute Gasteiger partial charge is 0.541 e. The first-order valence-corrected chi connectivity index (χ1v) is 15.3. The number of ether oxygens (including phenoxy) is 1. The Labute approximate surface area is 265 Å².